The van der Waals surface area contributed by atoms with Gasteiger partial charge in [-0.1, -0.05) is 11.6 Å². The molecule has 0 saturated carbocycles. The molecule has 1 unspecified atom stereocenters. The van der Waals surface area contributed by atoms with Crippen LogP contribution >= 0.6 is 24.0 Å². The third kappa shape index (κ3) is 5.81. The van der Waals surface area contributed by atoms with Crippen LogP contribution in [0.5, 0.6) is 0 Å². The lowest BCUT2D eigenvalue weighted by Gasteiger charge is -2.31. The molecule has 1 aliphatic rings. The molecule has 1 amide bonds. The minimum Gasteiger partial charge on any atom is -0.325 e. The number of nitrogens with one attached hydrogen (secondary N) is 2. The maximum atomic E-state index is 12.8. The third-order valence-corrected chi connectivity index (χ3v) is 4.17. The number of alkyl halides is 3. The topological polar surface area (TPSA) is 44.4 Å². The maximum absolute atomic E-state index is 12.8. The van der Waals surface area contributed by atoms with Crippen LogP contribution in [0.15, 0.2) is 18.2 Å². The number of carbonyl (C=O) groups is 1. The molecule has 4 nitrogen and oxygen atoms in total. The second-order valence-electron chi connectivity index (χ2n) is 5.60. The first-order valence-electron chi connectivity index (χ1n) is 7.36. The van der Waals surface area contributed by atoms with Crippen LogP contribution in [-0.4, -0.2) is 43.5 Å². The maximum Gasteiger partial charge on any atom is 0.417 e. The fourth-order valence-corrected chi connectivity index (χ4v) is 2.88. The monoisotopic (exact) mass is 385 g/mol. The van der Waals surface area contributed by atoms with E-state index in [0.29, 0.717) is 6.04 Å². The molecule has 24 heavy (non-hydrogen) atoms. The van der Waals surface area contributed by atoms with Gasteiger partial charge >= 0.3 is 6.18 Å². The molecule has 0 aromatic heterocycles. The van der Waals surface area contributed by atoms with Crippen molar-refractivity contribution in [3.8, 4) is 0 Å². The summed E-state index contributed by atoms with van der Waals surface area (Å²) in [6.45, 7) is 1.71. The van der Waals surface area contributed by atoms with Gasteiger partial charge in [0, 0.05) is 18.3 Å². The van der Waals surface area contributed by atoms with Gasteiger partial charge in [0.05, 0.1) is 17.1 Å². The summed E-state index contributed by atoms with van der Waals surface area (Å²) in [4.78, 5) is 14.0. The highest BCUT2D eigenvalue weighted by molar-refractivity contribution is 6.31. The minimum absolute atomic E-state index is 0. The molecule has 0 radical (unpaired) electrons. The average Bonchev–Trinajstić information content (AvgIpc) is 2.48. The van der Waals surface area contributed by atoms with Gasteiger partial charge in [-0.2, -0.15) is 13.2 Å². The van der Waals surface area contributed by atoms with Crippen LogP contribution in [0.1, 0.15) is 18.4 Å². The molecule has 0 bridgehead atoms. The van der Waals surface area contributed by atoms with E-state index in [1.165, 1.54) is 6.07 Å². The lowest BCUT2D eigenvalue weighted by atomic mass is 10.1. The van der Waals surface area contributed by atoms with Crippen molar-refractivity contribution in [3.05, 3.63) is 28.8 Å². The number of hydrogen-bond acceptors (Lipinski definition) is 3. The molecule has 1 fully saturated rings. The highest BCUT2D eigenvalue weighted by atomic mass is 35.5. The van der Waals surface area contributed by atoms with E-state index in [4.69, 9.17) is 11.6 Å². The summed E-state index contributed by atoms with van der Waals surface area (Å²) in [6.07, 6.45) is -2.51. The van der Waals surface area contributed by atoms with E-state index < -0.39 is 11.7 Å². The summed E-state index contributed by atoms with van der Waals surface area (Å²) in [6, 6.07) is 3.69. The van der Waals surface area contributed by atoms with Gasteiger partial charge in [0.1, 0.15) is 0 Å². The molecule has 1 saturated heterocycles. The average molecular weight is 386 g/mol. The number of likely N-dealkylation sites (N-methyl/N-ethyl adjacent to an activating group) is 1. The van der Waals surface area contributed by atoms with Crippen LogP contribution in [0.4, 0.5) is 18.9 Å². The highest BCUT2D eigenvalue weighted by Gasteiger charge is 2.33. The molecule has 2 N–H and O–H groups in total. The largest absolute Gasteiger partial charge is 0.417 e. The number of carbonyl (C=O) groups excluding carboxylic acids is 1. The number of nitrogens with zero attached hydrogens (tertiary/aromatic N) is 1. The quantitative estimate of drug-likeness (QED) is 0.834. The van der Waals surface area contributed by atoms with E-state index in [9.17, 15) is 18.0 Å². The molecule has 0 spiro atoms. The lowest BCUT2D eigenvalue weighted by Crippen LogP contribution is -2.46. The summed E-state index contributed by atoms with van der Waals surface area (Å²) < 4.78 is 38.4. The molecule has 0 aliphatic carbocycles. The third-order valence-electron chi connectivity index (χ3n) is 3.84. The Labute approximate surface area is 150 Å². The first kappa shape index (κ1) is 21.0. The molecular formula is C15H20Cl2F3N3O. The minimum atomic E-state index is -4.55. The number of rotatable bonds is 4. The Morgan fingerprint density at radius 3 is 2.75 bits per heavy atom. The van der Waals surface area contributed by atoms with Gasteiger partial charge in [0.2, 0.25) is 5.91 Å². The second kappa shape index (κ2) is 8.89. The normalized spacial score (nSPS) is 18.8. The number of anilines is 1. The fraction of sp³-hybridized carbons (Fsp3) is 0.533. The number of likely N-dealkylation sites (tertiary alicyclic amines) is 1. The predicted molar refractivity (Wildman–Crippen MR) is 90.9 cm³/mol. The Morgan fingerprint density at radius 1 is 1.42 bits per heavy atom. The predicted octanol–water partition coefficient (Wildman–Crippen LogP) is 3.40. The first-order valence-corrected chi connectivity index (χ1v) is 7.73. The van der Waals surface area contributed by atoms with E-state index in [-0.39, 0.29) is 35.6 Å². The van der Waals surface area contributed by atoms with Crippen LogP contribution < -0.4 is 10.6 Å². The van der Waals surface area contributed by atoms with Gasteiger partial charge in [-0.3, -0.25) is 9.69 Å². The summed E-state index contributed by atoms with van der Waals surface area (Å²) in [5.74, 6) is -0.336. The highest BCUT2D eigenvalue weighted by Crippen LogP contribution is 2.36. The van der Waals surface area contributed by atoms with Gasteiger partial charge in [-0.05, 0) is 44.6 Å². The van der Waals surface area contributed by atoms with E-state index in [1.54, 1.807) is 0 Å². The van der Waals surface area contributed by atoms with Crippen LogP contribution in [0, 0.1) is 0 Å². The molecule has 9 heteroatoms. The molecule has 136 valence electrons. The Morgan fingerprint density at radius 2 is 2.12 bits per heavy atom. The van der Waals surface area contributed by atoms with Gasteiger partial charge in [-0.15, -0.1) is 12.4 Å². The van der Waals surface area contributed by atoms with E-state index >= 15 is 0 Å². The SMILES string of the molecule is CNC1CCCN(CC(=O)Nc2ccc(Cl)c(C(F)(F)F)c2)C1.Cl. The van der Waals surface area contributed by atoms with Crippen molar-refractivity contribution in [2.24, 2.45) is 0 Å². The molecule has 1 aromatic rings. The van der Waals surface area contributed by atoms with Crippen molar-refractivity contribution in [3.63, 3.8) is 0 Å². The zero-order chi connectivity index (χ0) is 17.0. The number of amides is 1. The van der Waals surface area contributed by atoms with Crippen LogP contribution in [-0.2, 0) is 11.0 Å². The zero-order valence-corrected chi connectivity index (χ0v) is 14.7. The molecule has 2 rings (SSSR count). The van der Waals surface area contributed by atoms with Crippen LogP contribution in [0.25, 0.3) is 0 Å². The van der Waals surface area contributed by atoms with Crippen LogP contribution in [0.2, 0.25) is 5.02 Å². The van der Waals surface area contributed by atoms with Crippen molar-refractivity contribution in [1.29, 1.82) is 0 Å². The summed E-state index contributed by atoms with van der Waals surface area (Å²) in [5.41, 5.74) is -0.862. The van der Waals surface area contributed by atoms with Crippen LogP contribution in [0.3, 0.4) is 0 Å². The van der Waals surface area contributed by atoms with Crippen molar-refractivity contribution in [1.82, 2.24) is 10.2 Å². The van der Waals surface area contributed by atoms with E-state index in [2.05, 4.69) is 10.6 Å². The Kier molecular flexibility index (Phi) is 7.79. The fourth-order valence-electron chi connectivity index (χ4n) is 2.66. The first-order chi connectivity index (χ1) is 10.8. The van der Waals surface area contributed by atoms with Crippen molar-refractivity contribution in [2.75, 3.05) is 32.0 Å². The van der Waals surface area contributed by atoms with Crippen molar-refractivity contribution < 1.29 is 18.0 Å². The van der Waals surface area contributed by atoms with E-state index in [0.717, 1.165) is 38.1 Å². The van der Waals surface area contributed by atoms with Crippen molar-refractivity contribution in [2.45, 2.75) is 25.1 Å². The summed E-state index contributed by atoms with van der Waals surface area (Å²) in [5, 5.41) is 5.29. The second-order valence-corrected chi connectivity index (χ2v) is 6.01. The molecule has 1 heterocycles. The molecule has 1 atom stereocenters. The number of piperidine rings is 1. The number of hydrogen-bond donors (Lipinski definition) is 2. The number of halogens is 5. The van der Waals surface area contributed by atoms with E-state index in [1.807, 2.05) is 11.9 Å². The summed E-state index contributed by atoms with van der Waals surface area (Å²) in [7, 11) is 1.88. The smallest absolute Gasteiger partial charge is 0.325 e. The molecule has 1 aromatic carbocycles. The van der Waals surface area contributed by atoms with Gasteiger partial charge in [-0.25, -0.2) is 0 Å². The molecule has 1 aliphatic heterocycles. The Bertz CT molecular complexity index is 569. The zero-order valence-electron chi connectivity index (χ0n) is 13.1. The Hall–Kier alpha value is -1.02. The molecular weight excluding hydrogens is 366 g/mol. The Balaban J connectivity index is 0.00000288. The standard InChI is InChI=1S/C15H19ClF3N3O.ClH/c1-20-11-3-2-6-22(8-11)9-14(23)21-10-4-5-13(16)12(7-10)15(17,18)19;/h4-5,7,11,20H,2-3,6,8-9H2,1H3,(H,21,23);1H. The lowest BCUT2D eigenvalue weighted by molar-refractivity contribution is -0.137. The van der Waals surface area contributed by atoms with Gasteiger partial charge < -0.3 is 10.6 Å². The van der Waals surface area contributed by atoms with Gasteiger partial charge in [0.25, 0.3) is 0 Å². The van der Waals surface area contributed by atoms with Crippen molar-refractivity contribution >= 4 is 35.6 Å². The summed E-state index contributed by atoms with van der Waals surface area (Å²) >= 11 is 5.56. The van der Waals surface area contributed by atoms with Gasteiger partial charge in [0.15, 0.2) is 0 Å². The number of benzene rings is 1.